The zero-order valence-electron chi connectivity index (χ0n) is 16.5. The van der Waals surface area contributed by atoms with Gasteiger partial charge in [-0.15, -0.1) is 0 Å². The molecule has 0 fully saturated rings. The van der Waals surface area contributed by atoms with Gasteiger partial charge in [0.25, 0.3) is 11.5 Å². The molecule has 3 rings (SSSR count). The summed E-state index contributed by atoms with van der Waals surface area (Å²) < 4.78 is 14.4. The monoisotopic (exact) mass is 449 g/mol. The van der Waals surface area contributed by atoms with Gasteiger partial charge in [-0.1, -0.05) is 12.1 Å². The number of hydrogen-bond donors (Lipinski definition) is 4. The van der Waals surface area contributed by atoms with Gasteiger partial charge < -0.3 is 21.1 Å². The van der Waals surface area contributed by atoms with Crippen molar-refractivity contribution in [3.8, 4) is 0 Å². The first-order valence-electron chi connectivity index (χ1n) is 9.07. The van der Waals surface area contributed by atoms with E-state index in [-0.39, 0.29) is 18.4 Å². The highest BCUT2D eigenvalue weighted by Crippen LogP contribution is 2.23. The molecule has 0 spiro atoms. The number of nitrogens with one attached hydrogen (secondary N) is 3. The van der Waals surface area contributed by atoms with E-state index in [9.17, 15) is 33.3 Å². The standard InChI is InChI=1S/C18H19N5O7S/c1-3-19-17(28)20-10-6-4-9(5-7-10)8-23-15(25)11-13(22(2)18(23)29)21-14(24)12(16(26)27)31(11)30/h4-7,12H,3,8H2,1-2H3,(H,21,24)(H,26,27)(H2,19,20,28). The van der Waals surface area contributed by atoms with Crippen LogP contribution in [-0.4, -0.2) is 48.2 Å². The molecular formula is C18H19N5O7S. The van der Waals surface area contributed by atoms with E-state index in [1.54, 1.807) is 31.2 Å². The van der Waals surface area contributed by atoms with E-state index in [0.29, 0.717) is 17.8 Å². The molecule has 13 heteroatoms. The van der Waals surface area contributed by atoms with E-state index in [2.05, 4.69) is 16.0 Å². The van der Waals surface area contributed by atoms with Gasteiger partial charge in [-0.05, 0) is 24.6 Å². The predicted octanol–water partition coefficient (Wildman–Crippen LogP) is -0.750. The number of hydrogen-bond acceptors (Lipinski definition) is 6. The third kappa shape index (κ3) is 4.12. The van der Waals surface area contributed by atoms with Gasteiger partial charge in [0, 0.05) is 19.3 Å². The Morgan fingerprint density at radius 3 is 2.42 bits per heavy atom. The number of benzene rings is 1. The Labute approximate surface area is 177 Å². The lowest BCUT2D eigenvalue weighted by Crippen LogP contribution is -2.50. The summed E-state index contributed by atoms with van der Waals surface area (Å²) in [6.45, 7) is 2.04. The van der Waals surface area contributed by atoms with Gasteiger partial charge in [0.05, 0.1) is 17.3 Å². The molecule has 2 atom stereocenters. The molecule has 2 aromatic rings. The molecule has 2 heterocycles. The van der Waals surface area contributed by atoms with Crippen LogP contribution in [0.15, 0.2) is 38.8 Å². The second-order valence-corrected chi connectivity index (χ2v) is 8.07. The molecule has 2 unspecified atom stereocenters. The summed E-state index contributed by atoms with van der Waals surface area (Å²) in [4.78, 5) is 60.0. The van der Waals surface area contributed by atoms with Crippen LogP contribution in [0.3, 0.4) is 0 Å². The van der Waals surface area contributed by atoms with Crippen LogP contribution in [0.1, 0.15) is 12.5 Å². The number of carboxylic acids is 1. The fourth-order valence-electron chi connectivity index (χ4n) is 3.01. The zero-order valence-corrected chi connectivity index (χ0v) is 17.3. The van der Waals surface area contributed by atoms with Gasteiger partial charge in [-0.25, -0.2) is 9.59 Å². The van der Waals surface area contributed by atoms with E-state index in [1.807, 2.05) is 0 Å². The minimum atomic E-state index is -2.48. The van der Waals surface area contributed by atoms with Crippen LogP contribution in [0, 0.1) is 0 Å². The van der Waals surface area contributed by atoms with Crippen molar-refractivity contribution >= 4 is 40.2 Å². The highest BCUT2D eigenvalue weighted by molar-refractivity contribution is 7.87. The molecule has 0 saturated carbocycles. The molecule has 0 saturated heterocycles. The van der Waals surface area contributed by atoms with E-state index in [0.717, 1.165) is 9.13 Å². The first kappa shape index (κ1) is 22.0. The predicted molar refractivity (Wildman–Crippen MR) is 111 cm³/mol. The fourth-order valence-corrected chi connectivity index (χ4v) is 4.35. The van der Waals surface area contributed by atoms with Gasteiger partial charge in [0.15, 0.2) is 0 Å². The van der Waals surface area contributed by atoms with Crippen LogP contribution in [0.2, 0.25) is 0 Å². The molecule has 164 valence electrons. The van der Waals surface area contributed by atoms with Crippen LogP contribution in [0.4, 0.5) is 16.3 Å². The van der Waals surface area contributed by atoms with Crippen molar-refractivity contribution < 1.29 is 23.7 Å². The smallest absolute Gasteiger partial charge is 0.332 e. The molecule has 3 amide bonds. The normalized spacial score (nSPS) is 17.4. The van der Waals surface area contributed by atoms with Crippen molar-refractivity contribution in [2.75, 3.05) is 17.2 Å². The lowest BCUT2D eigenvalue weighted by atomic mass is 10.2. The number of fused-ring (bicyclic) bond motifs is 1. The first-order chi connectivity index (χ1) is 14.6. The third-order valence-electron chi connectivity index (χ3n) is 4.52. The molecule has 0 bridgehead atoms. The molecule has 12 nitrogen and oxygen atoms in total. The Bertz CT molecular complexity index is 1220. The van der Waals surface area contributed by atoms with E-state index in [1.165, 1.54) is 7.05 Å². The minimum absolute atomic E-state index is 0.191. The summed E-state index contributed by atoms with van der Waals surface area (Å²) in [7, 11) is -1.21. The second kappa shape index (κ2) is 8.55. The number of aliphatic carboxylic acids is 1. The molecule has 1 aromatic heterocycles. The van der Waals surface area contributed by atoms with Gasteiger partial charge in [-0.2, -0.15) is 0 Å². The number of carbonyl (C=O) groups is 3. The Hall–Kier alpha value is -3.74. The van der Waals surface area contributed by atoms with Crippen molar-refractivity contribution in [2.24, 2.45) is 7.05 Å². The summed E-state index contributed by atoms with van der Waals surface area (Å²) in [5.41, 5.74) is -0.707. The number of carboxylic acid groups (broad SMARTS) is 1. The van der Waals surface area contributed by atoms with Crippen molar-refractivity contribution in [3.63, 3.8) is 0 Å². The topological polar surface area (TPSA) is 169 Å². The number of carbonyl (C=O) groups excluding carboxylic acids is 2. The number of amides is 3. The van der Waals surface area contributed by atoms with Gasteiger partial charge >= 0.3 is 17.7 Å². The number of urea groups is 1. The SMILES string of the molecule is CCNC(=O)Nc1ccc(Cn2c(=O)c3c(n(C)c2=O)NC(=O)C(C(=O)O)S3=O)cc1. The van der Waals surface area contributed by atoms with Gasteiger partial charge in [0.2, 0.25) is 5.25 Å². The van der Waals surface area contributed by atoms with Crippen molar-refractivity contribution in [3.05, 3.63) is 50.7 Å². The molecule has 1 aromatic carbocycles. The molecule has 1 aliphatic rings. The van der Waals surface area contributed by atoms with Crippen LogP contribution in [-0.2, 0) is 34.0 Å². The molecule has 0 radical (unpaired) electrons. The highest BCUT2D eigenvalue weighted by Gasteiger charge is 2.42. The fraction of sp³-hybridized carbons (Fsp3) is 0.278. The molecular weight excluding hydrogens is 430 g/mol. The number of rotatable bonds is 5. The maximum atomic E-state index is 12.9. The lowest BCUT2D eigenvalue weighted by molar-refractivity contribution is -0.139. The minimum Gasteiger partial charge on any atom is -0.480 e. The van der Waals surface area contributed by atoms with Crippen LogP contribution in [0.5, 0.6) is 0 Å². The van der Waals surface area contributed by atoms with E-state index < -0.39 is 44.1 Å². The maximum Gasteiger partial charge on any atom is 0.332 e. The molecule has 4 N–H and O–H groups in total. The Balaban J connectivity index is 1.98. The third-order valence-corrected chi connectivity index (χ3v) is 6.13. The summed E-state index contributed by atoms with van der Waals surface area (Å²) in [5.74, 6) is -2.99. The van der Waals surface area contributed by atoms with Crippen molar-refractivity contribution in [2.45, 2.75) is 23.6 Å². The second-order valence-electron chi connectivity index (χ2n) is 6.60. The van der Waals surface area contributed by atoms with Gasteiger partial charge in [0.1, 0.15) is 10.7 Å². The lowest BCUT2D eigenvalue weighted by Gasteiger charge is -2.23. The van der Waals surface area contributed by atoms with Crippen LogP contribution >= 0.6 is 0 Å². The van der Waals surface area contributed by atoms with Crippen LogP contribution < -0.4 is 27.2 Å². The summed E-state index contributed by atoms with van der Waals surface area (Å²) in [5, 5.41) is 14.6. The summed E-state index contributed by atoms with van der Waals surface area (Å²) >= 11 is 0. The first-order valence-corrected chi connectivity index (χ1v) is 10.3. The number of anilines is 2. The van der Waals surface area contributed by atoms with E-state index in [4.69, 9.17) is 0 Å². The Kier molecular flexibility index (Phi) is 6.06. The molecule has 0 aliphatic carbocycles. The van der Waals surface area contributed by atoms with E-state index >= 15 is 0 Å². The molecule has 1 aliphatic heterocycles. The summed E-state index contributed by atoms with van der Waals surface area (Å²) in [6.07, 6.45) is 0. The van der Waals surface area contributed by atoms with Gasteiger partial charge in [-0.3, -0.25) is 27.7 Å². The largest absolute Gasteiger partial charge is 0.480 e. The molecule has 31 heavy (non-hydrogen) atoms. The Morgan fingerprint density at radius 2 is 1.84 bits per heavy atom. The van der Waals surface area contributed by atoms with Crippen molar-refractivity contribution in [1.82, 2.24) is 14.5 Å². The number of aromatic nitrogens is 2. The Morgan fingerprint density at radius 1 is 1.19 bits per heavy atom. The maximum absolute atomic E-state index is 12.9. The van der Waals surface area contributed by atoms with Crippen molar-refractivity contribution in [1.29, 1.82) is 0 Å². The zero-order chi connectivity index (χ0) is 22.9. The van der Waals surface area contributed by atoms with Crippen LogP contribution in [0.25, 0.3) is 0 Å². The average Bonchev–Trinajstić information content (AvgIpc) is 2.70. The highest BCUT2D eigenvalue weighted by atomic mass is 32.2. The quantitative estimate of drug-likeness (QED) is 0.435. The summed E-state index contributed by atoms with van der Waals surface area (Å²) in [6, 6.07) is 5.96. The number of nitrogens with zero attached hydrogens (tertiary/aromatic N) is 2. The average molecular weight is 449 g/mol.